The molecule has 1 unspecified atom stereocenters. The monoisotopic (exact) mass is 246 g/mol. The summed E-state index contributed by atoms with van der Waals surface area (Å²) in [5, 5.41) is 3.65. The molecule has 5 nitrogen and oxygen atoms in total. The first-order valence-corrected chi connectivity index (χ1v) is 5.64. The first-order chi connectivity index (χ1) is 8.56. The summed E-state index contributed by atoms with van der Waals surface area (Å²) < 4.78 is 10.2. The van der Waals surface area contributed by atoms with Crippen LogP contribution in [0, 0.1) is 13.8 Å². The lowest BCUT2D eigenvalue weighted by atomic mass is 10.1. The molecule has 18 heavy (non-hydrogen) atoms. The summed E-state index contributed by atoms with van der Waals surface area (Å²) in [5.41, 5.74) is 1.52. The molecule has 0 bridgehead atoms. The molecule has 0 saturated carbocycles. The quantitative estimate of drug-likeness (QED) is 0.779. The maximum Gasteiger partial charge on any atom is 0.338 e. The van der Waals surface area contributed by atoms with Crippen LogP contribution in [0.3, 0.4) is 0 Å². The predicted molar refractivity (Wildman–Crippen MR) is 64.0 cm³/mol. The number of carbonyl (C=O) groups excluding carboxylic acids is 1. The van der Waals surface area contributed by atoms with Crippen LogP contribution in [0.2, 0.25) is 0 Å². The highest BCUT2D eigenvalue weighted by molar-refractivity contribution is 5.89. The van der Waals surface area contributed by atoms with E-state index in [-0.39, 0.29) is 0 Å². The van der Waals surface area contributed by atoms with E-state index in [4.69, 9.17) is 9.26 Å². The first kappa shape index (κ1) is 12.3. The smallest absolute Gasteiger partial charge is 0.338 e. The molecule has 0 fully saturated rings. The molecule has 0 amide bonds. The van der Waals surface area contributed by atoms with Gasteiger partial charge < -0.3 is 9.26 Å². The van der Waals surface area contributed by atoms with Gasteiger partial charge in [0.05, 0.1) is 5.56 Å². The van der Waals surface area contributed by atoms with Gasteiger partial charge in [-0.3, -0.25) is 0 Å². The van der Waals surface area contributed by atoms with E-state index in [9.17, 15) is 4.79 Å². The summed E-state index contributed by atoms with van der Waals surface area (Å²) >= 11 is 0. The van der Waals surface area contributed by atoms with Gasteiger partial charge in [-0.2, -0.15) is 4.98 Å². The highest BCUT2D eigenvalue weighted by Crippen LogP contribution is 2.17. The Bertz CT molecular complexity index is 563. The van der Waals surface area contributed by atoms with Gasteiger partial charge >= 0.3 is 5.97 Å². The van der Waals surface area contributed by atoms with E-state index < -0.39 is 12.1 Å². The largest absolute Gasteiger partial charge is 0.449 e. The standard InChI is InChI=1S/C13H14N2O3/c1-8-5-4-6-11(7-8)13(16)17-9(2)12-14-10(3)15-18-12/h4-7,9H,1-3H3. The Hall–Kier alpha value is -2.17. The highest BCUT2D eigenvalue weighted by Gasteiger charge is 2.18. The summed E-state index contributed by atoms with van der Waals surface area (Å²) in [6.45, 7) is 5.32. The molecule has 1 aromatic heterocycles. The van der Waals surface area contributed by atoms with Crippen molar-refractivity contribution >= 4 is 5.97 Å². The number of hydrogen-bond acceptors (Lipinski definition) is 5. The molecule has 1 aromatic carbocycles. The number of aryl methyl sites for hydroxylation is 2. The van der Waals surface area contributed by atoms with Crippen molar-refractivity contribution in [3.8, 4) is 0 Å². The molecule has 0 aliphatic heterocycles. The van der Waals surface area contributed by atoms with Gasteiger partial charge in [0.25, 0.3) is 5.89 Å². The van der Waals surface area contributed by atoms with Crippen LogP contribution in [0.5, 0.6) is 0 Å². The summed E-state index contributed by atoms with van der Waals surface area (Å²) in [7, 11) is 0. The van der Waals surface area contributed by atoms with Crippen molar-refractivity contribution in [1.29, 1.82) is 0 Å². The van der Waals surface area contributed by atoms with E-state index >= 15 is 0 Å². The van der Waals surface area contributed by atoms with Crippen LogP contribution >= 0.6 is 0 Å². The lowest BCUT2D eigenvalue weighted by Gasteiger charge is -2.09. The minimum absolute atomic E-state index is 0.300. The number of aromatic nitrogens is 2. The molecule has 0 saturated heterocycles. The molecule has 2 aromatic rings. The SMILES string of the molecule is Cc1cccc(C(=O)OC(C)c2nc(C)no2)c1. The van der Waals surface area contributed by atoms with E-state index in [1.807, 2.05) is 19.1 Å². The average Bonchev–Trinajstić information content (AvgIpc) is 2.76. The van der Waals surface area contributed by atoms with E-state index in [2.05, 4.69) is 10.1 Å². The molecule has 2 rings (SSSR count). The third-order valence-electron chi connectivity index (χ3n) is 2.43. The van der Waals surface area contributed by atoms with Crippen LogP contribution in [0.15, 0.2) is 28.8 Å². The first-order valence-electron chi connectivity index (χ1n) is 5.64. The number of nitrogens with zero attached hydrogens (tertiary/aromatic N) is 2. The van der Waals surface area contributed by atoms with Crippen LogP contribution < -0.4 is 0 Å². The van der Waals surface area contributed by atoms with Crippen molar-refractivity contribution in [3.05, 3.63) is 47.1 Å². The molecule has 5 heteroatoms. The Morgan fingerprint density at radius 2 is 2.17 bits per heavy atom. The Morgan fingerprint density at radius 1 is 1.39 bits per heavy atom. The van der Waals surface area contributed by atoms with Crippen LogP contribution in [-0.4, -0.2) is 16.1 Å². The molecule has 0 radical (unpaired) electrons. The van der Waals surface area contributed by atoms with Gasteiger partial charge in [0, 0.05) is 0 Å². The fraction of sp³-hybridized carbons (Fsp3) is 0.308. The normalized spacial score (nSPS) is 12.2. The maximum absolute atomic E-state index is 11.9. The molecule has 0 aliphatic carbocycles. The zero-order valence-electron chi connectivity index (χ0n) is 10.5. The summed E-state index contributed by atoms with van der Waals surface area (Å²) in [4.78, 5) is 15.9. The second-order valence-corrected chi connectivity index (χ2v) is 4.10. The zero-order chi connectivity index (χ0) is 13.1. The molecular formula is C13H14N2O3. The summed E-state index contributed by atoms with van der Waals surface area (Å²) in [6.07, 6.45) is -0.556. The predicted octanol–water partition coefficient (Wildman–Crippen LogP) is 2.60. The average molecular weight is 246 g/mol. The van der Waals surface area contributed by atoms with E-state index in [0.29, 0.717) is 17.3 Å². The maximum atomic E-state index is 11.9. The molecule has 1 atom stereocenters. The third-order valence-corrected chi connectivity index (χ3v) is 2.43. The van der Waals surface area contributed by atoms with Crippen LogP contribution in [0.25, 0.3) is 0 Å². The molecule has 94 valence electrons. The summed E-state index contributed by atoms with van der Waals surface area (Å²) in [5.74, 6) is 0.416. The van der Waals surface area contributed by atoms with Crippen molar-refractivity contribution < 1.29 is 14.1 Å². The number of hydrogen-bond donors (Lipinski definition) is 0. The van der Waals surface area contributed by atoms with Crippen molar-refractivity contribution in [2.24, 2.45) is 0 Å². The van der Waals surface area contributed by atoms with Crippen LogP contribution in [0.4, 0.5) is 0 Å². The molecular weight excluding hydrogens is 232 g/mol. The fourth-order valence-electron chi connectivity index (χ4n) is 1.53. The minimum atomic E-state index is -0.556. The molecule has 1 heterocycles. The lowest BCUT2D eigenvalue weighted by Crippen LogP contribution is -2.09. The van der Waals surface area contributed by atoms with E-state index in [0.717, 1.165) is 5.56 Å². The Labute approximate surface area is 105 Å². The molecule has 0 N–H and O–H groups in total. The van der Waals surface area contributed by atoms with Crippen LogP contribution in [-0.2, 0) is 4.74 Å². The number of benzene rings is 1. The Kier molecular flexibility index (Phi) is 3.41. The van der Waals surface area contributed by atoms with Crippen molar-refractivity contribution in [3.63, 3.8) is 0 Å². The van der Waals surface area contributed by atoms with Gasteiger partial charge in [0.1, 0.15) is 0 Å². The van der Waals surface area contributed by atoms with Gasteiger partial charge in [0.2, 0.25) is 0 Å². The second kappa shape index (κ2) is 5.00. The van der Waals surface area contributed by atoms with Crippen LogP contribution in [0.1, 0.15) is 40.7 Å². The highest BCUT2D eigenvalue weighted by atomic mass is 16.6. The van der Waals surface area contributed by atoms with E-state index in [1.165, 1.54) is 0 Å². The fourth-order valence-corrected chi connectivity index (χ4v) is 1.53. The van der Waals surface area contributed by atoms with Gasteiger partial charge in [-0.1, -0.05) is 22.9 Å². The number of esters is 1. The van der Waals surface area contributed by atoms with Gasteiger partial charge in [-0.15, -0.1) is 0 Å². The summed E-state index contributed by atoms with van der Waals surface area (Å²) in [6, 6.07) is 7.21. The molecule has 0 aliphatic rings. The van der Waals surface area contributed by atoms with Gasteiger partial charge in [0.15, 0.2) is 11.9 Å². The van der Waals surface area contributed by atoms with Crippen molar-refractivity contribution in [1.82, 2.24) is 10.1 Å². The van der Waals surface area contributed by atoms with Crippen molar-refractivity contribution in [2.45, 2.75) is 26.9 Å². The minimum Gasteiger partial charge on any atom is -0.449 e. The molecule has 0 spiro atoms. The van der Waals surface area contributed by atoms with Crippen molar-refractivity contribution in [2.75, 3.05) is 0 Å². The Morgan fingerprint density at radius 3 is 2.78 bits per heavy atom. The second-order valence-electron chi connectivity index (χ2n) is 4.10. The Balaban J connectivity index is 2.08. The number of carbonyl (C=O) groups is 1. The zero-order valence-corrected chi connectivity index (χ0v) is 10.5. The van der Waals surface area contributed by atoms with Gasteiger partial charge in [-0.05, 0) is 32.9 Å². The third kappa shape index (κ3) is 2.74. The topological polar surface area (TPSA) is 65.2 Å². The number of ether oxygens (including phenoxy) is 1. The lowest BCUT2D eigenvalue weighted by molar-refractivity contribution is 0.0265. The number of rotatable bonds is 3. The van der Waals surface area contributed by atoms with E-state index in [1.54, 1.807) is 26.0 Å². The van der Waals surface area contributed by atoms with Gasteiger partial charge in [-0.25, -0.2) is 4.79 Å².